The molecule has 6 heteroatoms. The molecule has 2 aromatic carbocycles. The first kappa shape index (κ1) is 15.2. The molecule has 0 fully saturated rings. The fraction of sp³-hybridized carbons (Fsp3) is 0.143. The van der Waals surface area contributed by atoms with E-state index in [1.807, 2.05) is 0 Å². The summed E-state index contributed by atoms with van der Waals surface area (Å²) in [5.74, 6) is -0.598. The SMILES string of the molecule is NCc1cc(CS(=O)(=O)c2ccc(Br)cc2)ccc1F. The van der Waals surface area contributed by atoms with Gasteiger partial charge in [0.2, 0.25) is 0 Å². The first-order chi connectivity index (χ1) is 9.42. The van der Waals surface area contributed by atoms with Gasteiger partial charge in [0.25, 0.3) is 0 Å². The zero-order chi connectivity index (χ0) is 14.8. The standard InChI is InChI=1S/C14H13BrFNO2S/c15-12-2-4-13(5-3-12)20(18,19)9-10-1-6-14(16)11(7-10)8-17/h1-7H,8-9,17H2. The number of sulfone groups is 1. The number of hydrogen-bond donors (Lipinski definition) is 1. The molecule has 0 unspecified atom stereocenters. The van der Waals surface area contributed by atoms with Gasteiger partial charge in [-0.05, 0) is 35.9 Å². The number of benzene rings is 2. The second kappa shape index (κ2) is 6.03. The predicted octanol–water partition coefficient (Wildman–Crippen LogP) is 3.02. The van der Waals surface area contributed by atoms with E-state index < -0.39 is 15.7 Å². The van der Waals surface area contributed by atoms with Gasteiger partial charge in [-0.3, -0.25) is 0 Å². The fourth-order valence-corrected chi connectivity index (χ4v) is 3.42. The van der Waals surface area contributed by atoms with Gasteiger partial charge in [0, 0.05) is 16.6 Å². The lowest BCUT2D eigenvalue weighted by molar-refractivity contribution is 0.594. The molecule has 20 heavy (non-hydrogen) atoms. The second-order valence-corrected chi connectivity index (χ2v) is 7.25. The second-order valence-electron chi connectivity index (χ2n) is 4.34. The molecule has 106 valence electrons. The smallest absolute Gasteiger partial charge is 0.182 e. The summed E-state index contributed by atoms with van der Waals surface area (Å²) < 4.78 is 38.7. The normalized spacial score (nSPS) is 11.6. The molecule has 0 aliphatic heterocycles. The van der Waals surface area contributed by atoms with E-state index in [-0.39, 0.29) is 17.2 Å². The summed E-state index contributed by atoms with van der Waals surface area (Å²) in [4.78, 5) is 0.235. The Morgan fingerprint density at radius 1 is 1.10 bits per heavy atom. The van der Waals surface area contributed by atoms with Crippen LogP contribution in [-0.2, 0) is 22.1 Å². The van der Waals surface area contributed by atoms with Crippen molar-refractivity contribution in [2.45, 2.75) is 17.2 Å². The molecule has 0 aliphatic rings. The maximum Gasteiger partial charge on any atom is 0.182 e. The van der Waals surface area contributed by atoms with Crippen molar-refractivity contribution in [3.05, 3.63) is 63.9 Å². The van der Waals surface area contributed by atoms with E-state index in [2.05, 4.69) is 15.9 Å². The number of hydrogen-bond acceptors (Lipinski definition) is 3. The lowest BCUT2D eigenvalue weighted by Gasteiger charge is -2.07. The van der Waals surface area contributed by atoms with Gasteiger partial charge in [-0.2, -0.15) is 0 Å². The van der Waals surface area contributed by atoms with Gasteiger partial charge in [0.1, 0.15) is 5.82 Å². The molecule has 0 amide bonds. The van der Waals surface area contributed by atoms with Crippen LogP contribution >= 0.6 is 15.9 Å². The first-order valence-electron chi connectivity index (χ1n) is 5.88. The summed E-state index contributed by atoms with van der Waals surface area (Å²) in [5, 5.41) is 0. The van der Waals surface area contributed by atoms with Gasteiger partial charge in [-0.15, -0.1) is 0 Å². The summed E-state index contributed by atoms with van der Waals surface area (Å²) in [6.07, 6.45) is 0. The van der Waals surface area contributed by atoms with Crippen LogP contribution in [0.1, 0.15) is 11.1 Å². The van der Waals surface area contributed by atoms with Crippen molar-refractivity contribution < 1.29 is 12.8 Å². The Kier molecular flexibility index (Phi) is 4.57. The van der Waals surface area contributed by atoms with Gasteiger partial charge in [-0.25, -0.2) is 12.8 Å². The van der Waals surface area contributed by atoms with E-state index in [1.54, 1.807) is 12.1 Å². The molecule has 0 spiro atoms. The van der Waals surface area contributed by atoms with Crippen molar-refractivity contribution in [2.75, 3.05) is 0 Å². The lowest BCUT2D eigenvalue weighted by Crippen LogP contribution is -2.07. The largest absolute Gasteiger partial charge is 0.326 e. The van der Waals surface area contributed by atoms with Crippen LogP contribution in [0.15, 0.2) is 51.8 Å². The third-order valence-corrected chi connectivity index (χ3v) is 5.09. The predicted molar refractivity (Wildman–Crippen MR) is 79.3 cm³/mol. The lowest BCUT2D eigenvalue weighted by atomic mass is 10.1. The molecule has 0 heterocycles. The Hall–Kier alpha value is -1.24. The molecule has 0 bridgehead atoms. The van der Waals surface area contributed by atoms with Crippen molar-refractivity contribution >= 4 is 25.8 Å². The average Bonchev–Trinajstić information content (AvgIpc) is 2.41. The van der Waals surface area contributed by atoms with Crippen LogP contribution in [0.2, 0.25) is 0 Å². The highest BCUT2D eigenvalue weighted by Gasteiger charge is 2.16. The molecule has 2 rings (SSSR count). The summed E-state index contributed by atoms with van der Waals surface area (Å²) in [5.41, 5.74) is 6.25. The van der Waals surface area contributed by atoms with Gasteiger partial charge < -0.3 is 5.73 Å². The van der Waals surface area contributed by atoms with E-state index in [1.165, 1.54) is 30.3 Å². The quantitative estimate of drug-likeness (QED) is 0.914. The summed E-state index contributed by atoms with van der Waals surface area (Å²) >= 11 is 3.26. The van der Waals surface area contributed by atoms with Crippen LogP contribution in [0.25, 0.3) is 0 Å². The molecule has 2 N–H and O–H groups in total. The highest BCUT2D eigenvalue weighted by Crippen LogP contribution is 2.20. The molecule has 0 atom stereocenters. The third-order valence-electron chi connectivity index (χ3n) is 2.86. The Bertz CT molecular complexity index is 714. The van der Waals surface area contributed by atoms with Crippen LogP contribution in [0.5, 0.6) is 0 Å². The molecule has 0 radical (unpaired) electrons. The summed E-state index contributed by atoms with van der Waals surface area (Å²) in [7, 11) is -3.45. The Labute approximate surface area is 125 Å². The molecule has 0 aliphatic carbocycles. The van der Waals surface area contributed by atoms with E-state index in [0.29, 0.717) is 11.1 Å². The van der Waals surface area contributed by atoms with Gasteiger partial charge >= 0.3 is 0 Å². The first-order valence-corrected chi connectivity index (χ1v) is 8.32. The summed E-state index contributed by atoms with van der Waals surface area (Å²) in [6, 6.07) is 10.6. The zero-order valence-corrected chi connectivity index (χ0v) is 12.9. The molecule has 2 aromatic rings. The Balaban J connectivity index is 2.30. The molecule has 0 saturated carbocycles. The van der Waals surface area contributed by atoms with Crippen molar-refractivity contribution in [1.29, 1.82) is 0 Å². The fourth-order valence-electron chi connectivity index (χ4n) is 1.82. The van der Waals surface area contributed by atoms with Crippen molar-refractivity contribution in [1.82, 2.24) is 0 Å². The van der Waals surface area contributed by atoms with E-state index in [4.69, 9.17) is 5.73 Å². The molecular weight excluding hydrogens is 345 g/mol. The van der Waals surface area contributed by atoms with Crippen LogP contribution < -0.4 is 5.73 Å². The minimum absolute atomic E-state index is 0.0397. The van der Waals surface area contributed by atoms with Crippen molar-refractivity contribution in [2.24, 2.45) is 5.73 Å². The topological polar surface area (TPSA) is 60.2 Å². The maximum atomic E-state index is 13.3. The number of rotatable bonds is 4. The summed E-state index contributed by atoms with van der Waals surface area (Å²) in [6.45, 7) is 0.0397. The van der Waals surface area contributed by atoms with Crippen molar-refractivity contribution in [3.63, 3.8) is 0 Å². The Morgan fingerprint density at radius 2 is 1.75 bits per heavy atom. The van der Waals surface area contributed by atoms with Gasteiger partial charge in [-0.1, -0.05) is 28.1 Å². The number of halogens is 2. The highest BCUT2D eigenvalue weighted by molar-refractivity contribution is 9.10. The minimum Gasteiger partial charge on any atom is -0.326 e. The van der Waals surface area contributed by atoms with Gasteiger partial charge in [0.15, 0.2) is 9.84 Å². The zero-order valence-electron chi connectivity index (χ0n) is 10.5. The number of nitrogens with two attached hydrogens (primary N) is 1. The van der Waals surface area contributed by atoms with Crippen LogP contribution in [0.3, 0.4) is 0 Å². The average molecular weight is 358 g/mol. The molecule has 0 saturated heterocycles. The minimum atomic E-state index is -3.45. The Morgan fingerprint density at radius 3 is 2.35 bits per heavy atom. The van der Waals surface area contributed by atoms with Gasteiger partial charge in [0.05, 0.1) is 10.6 Å². The van der Waals surface area contributed by atoms with E-state index >= 15 is 0 Å². The van der Waals surface area contributed by atoms with Crippen LogP contribution in [-0.4, -0.2) is 8.42 Å². The van der Waals surface area contributed by atoms with Crippen molar-refractivity contribution in [3.8, 4) is 0 Å². The van der Waals surface area contributed by atoms with Crippen LogP contribution in [0, 0.1) is 5.82 Å². The molecule has 0 aromatic heterocycles. The van der Waals surface area contributed by atoms with E-state index in [9.17, 15) is 12.8 Å². The maximum absolute atomic E-state index is 13.3. The highest BCUT2D eigenvalue weighted by atomic mass is 79.9. The monoisotopic (exact) mass is 357 g/mol. The molecular formula is C14H13BrFNO2S. The van der Waals surface area contributed by atoms with Crippen LogP contribution in [0.4, 0.5) is 4.39 Å². The van der Waals surface area contributed by atoms with E-state index in [0.717, 1.165) is 4.47 Å². The molecule has 3 nitrogen and oxygen atoms in total. The third kappa shape index (κ3) is 3.45.